The monoisotopic (exact) mass is 272 g/mol. The van der Waals surface area contributed by atoms with Gasteiger partial charge in [-0.05, 0) is 18.6 Å². The first-order chi connectivity index (χ1) is 8.54. The second kappa shape index (κ2) is 5.16. The Morgan fingerprint density at radius 1 is 1.44 bits per heavy atom. The summed E-state index contributed by atoms with van der Waals surface area (Å²) in [6.07, 6.45) is 0.772. The van der Waals surface area contributed by atoms with Gasteiger partial charge in [-0.2, -0.15) is 0 Å². The van der Waals surface area contributed by atoms with Crippen LogP contribution in [0.25, 0.3) is 0 Å². The average Bonchev–Trinajstić information content (AvgIpc) is 2.80. The van der Waals surface area contributed by atoms with Crippen molar-refractivity contribution in [3.8, 4) is 0 Å². The van der Waals surface area contributed by atoms with E-state index >= 15 is 0 Å². The van der Waals surface area contributed by atoms with E-state index in [1.54, 1.807) is 4.90 Å². The van der Waals surface area contributed by atoms with Crippen LogP contribution >= 0.6 is 12.2 Å². The minimum Gasteiger partial charge on any atom is -0.396 e. The highest BCUT2D eigenvalue weighted by Gasteiger charge is 2.26. The van der Waals surface area contributed by atoms with Crippen LogP contribution in [0, 0.1) is 17.6 Å². The molecular formula is C12H14F2N2OS. The molecule has 1 aromatic carbocycles. The maximum atomic E-state index is 13.9. The molecule has 1 aliphatic rings. The van der Waals surface area contributed by atoms with Crippen molar-refractivity contribution in [2.75, 3.05) is 24.6 Å². The predicted octanol–water partition coefficient (Wildman–Crippen LogP) is 1.42. The van der Waals surface area contributed by atoms with E-state index in [9.17, 15) is 8.78 Å². The molecule has 1 atom stereocenters. The zero-order valence-electron chi connectivity index (χ0n) is 9.70. The highest BCUT2D eigenvalue weighted by atomic mass is 32.1. The molecule has 0 saturated carbocycles. The Morgan fingerprint density at radius 3 is 2.72 bits per heavy atom. The summed E-state index contributed by atoms with van der Waals surface area (Å²) < 4.78 is 27.6. The Bertz CT molecular complexity index is 481. The molecule has 0 bridgehead atoms. The lowest BCUT2D eigenvalue weighted by atomic mass is 10.1. The third-order valence-electron chi connectivity index (χ3n) is 3.21. The first-order valence-electron chi connectivity index (χ1n) is 5.68. The Morgan fingerprint density at radius 2 is 2.17 bits per heavy atom. The molecule has 6 heteroatoms. The lowest BCUT2D eigenvalue weighted by Crippen LogP contribution is -2.23. The van der Waals surface area contributed by atoms with Crippen molar-refractivity contribution in [1.29, 1.82) is 0 Å². The number of hydrogen-bond acceptors (Lipinski definition) is 3. The summed E-state index contributed by atoms with van der Waals surface area (Å²) in [7, 11) is 0. The maximum absolute atomic E-state index is 13.9. The van der Waals surface area contributed by atoms with Crippen molar-refractivity contribution < 1.29 is 13.9 Å². The van der Waals surface area contributed by atoms with Crippen molar-refractivity contribution in [3.63, 3.8) is 0 Å². The highest BCUT2D eigenvalue weighted by molar-refractivity contribution is 7.80. The molecule has 1 aliphatic heterocycles. The van der Waals surface area contributed by atoms with Crippen LogP contribution in [-0.4, -0.2) is 29.8 Å². The van der Waals surface area contributed by atoms with Gasteiger partial charge in [-0.25, -0.2) is 8.78 Å². The lowest BCUT2D eigenvalue weighted by Gasteiger charge is -2.20. The summed E-state index contributed by atoms with van der Waals surface area (Å²) in [6.45, 7) is 1.19. The Hall–Kier alpha value is -1.27. The molecule has 1 saturated heterocycles. The molecule has 1 unspecified atom stereocenters. The van der Waals surface area contributed by atoms with Gasteiger partial charge < -0.3 is 15.7 Å². The number of halogens is 2. The van der Waals surface area contributed by atoms with Gasteiger partial charge in [0.1, 0.15) is 4.99 Å². The number of hydrogen-bond donors (Lipinski definition) is 2. The number of rotatable bonds is 3. The fourth-order valence-corrected chi connectivity index (χ4v) is 2.33. The second-order valence-corrected chi connectivity index (χ2v) is 4.85. The smallest absolute Gasteiger partial charge is 0.182 e. The summed E-state index contributed by atoms with van der Waals surface area (Å²) in [5.41, 5.74) is 5.43. The normalized spacial score (nSPS) is 19.3. The number of aliphatic hydroxyl groups excluding tert-OH is 1. The summed E-state index contributed by atoms with van der Waals surface area (Å²) in [4.78, 5) is 1.57. The number of anilines is 1. The van der Waals surface area contributed by atoms with Crippen LogP contribution in [0.1, 0.15) is 12.0 Å². The van der Waals surface area contributed by atoms with Gasteiger partial charge >= 0.3 is 0 Å². The van der Waals surface area contributed by atoms with Gasteiger partial charge in [0.15, 0.2) is 11.6 Å². The topological polar surface area (TPSA) is 49.5 Å². The van der Waals surface area contributed by atoms with Gasteiger partial charge in [-0.3, -0.25) is 0 Å². The summed E-state index contributed by atoms with van der Waals surface area (Å²) >= 11 is 4.65. The van der Waals surface area contributed by atoms with Gasteiger partial charge in [-0.15, -0.1) is 0 Å². The number of nitrogens with zero attached hydrogens (tertiary/aromatic N) is 1. The minimum atomic E-state index is -1.01. The van der Waals surface area contributed by atoms with Crippen molar-refractivity contribution >= 4 is 22.9 Å². The van der Waals surface area contributed by atoms with Crippen molar-refractivity contribution in [2.24, 2.45) is 11.7 Å². The summed E-state index contributed by atoms with van der Waals surface area (Å²) in [5, 5.41) is 9.04. The van der Waals surface area contributed by atoms with Crippen LogP contribution in [0.3, 0.4) is 0 Å². The molecule has 0 aliphatic carbocycles. The number of thiocarbonyl (C=S) groups is 1. The molecule has 3 nitrogen and oxygen atoms in total. The van der Waals surface area contributed by atoms with Gasteiger partial charge in [0.25, 0.3) is 0 Å². The van der Waals surface area contributed by atoms with Crippen molar-refractivity contribution in [1.82, 2.24) is 0 Å². The van der Waals surface area contributed by atoms with Crippen LogP contribution in [0.4, 0.5) is 14.5 Å². The van der Waals surface area contributed by atoms with Crippen LogP contribution in [0.2, 0.25) is 0 Å². The Labute approximate surface area is 109 Å². The quantitative estimate of drug-likeness (QED) is 0.817. The number of aliphatic hydroxyl groups is 1. The third kappa shape index (κ3) is 2.30. The molecule has 3 N–H and O–H groups in total. The Balaban J connectivity index is 2.30. The zero-order chi connectivity index (χ0) is 13.3. The largest absolute Gasteiger partial charge is 0.396 e. The van der Waals surface area contributed by atoms with Gasteiger partial charge in [0, 0.05) is 31.2 Å². The van der Waals surface area contributed by atoms with Gasteiger partial charge in [0.2, 0.25) is 0 Å². The fourth-order valence-electron chi connectivity index (χ4n) is 2.17. The number of nitrogens with two attached hydrogens (primary N) is 1. The van der Waals surface area contributed by atoms with E-state index in [4.69, 9.17) is 10.8 Å². The molecule has 0 aromatic heterocycles. The molecule has 1 aromatic rings. The Kier molecular flexibility index (Phi) is 3.77. The molecule has 18 heavy (non-hydrogen) atoms. The van der Waals surface area contributed by atoms with E-state index in [1.165, 1.54) is 12.1 Å². The molecule has 1 fully saturated rings. The van der Waals surface area contributed by atoms with Gasteiger partial charge in [0.05, 0.1) is 5.69 Å². The van der Waals surface area contributed by atoms with Crippen LogP contribution < -0.4 is 10.6 Å². The van der Waals surface area contributed by atoms with Crippen LogP contribution in [0.5, 0.6) is 0 Å². The van der Waals surface area contributed by atoms with Crippen molar-refractivity contribution in [2.45, 2.75) is 6.42 Å². The van der Waals surface area contributed by atoms with E-state index in [1.807, 2.05) is 0 Å². The van der Waals surface area contributed by atoms with E-state index < -0.39 is 11.6 Å². The molecule has 0 radical (unpaired) electrons. The van der Waals surface area contributed by atoms with E-state index in [0.29, 0.717) is 13.1 Å². The average molecular weight is 272 g/mol. The maximum Gasteiger partial charge on any atom is 0.182 e. The SMILES string of the molecule is NC(=S)c1ccc(N2CCC(CO)C2)c(F)c1F. The first-order valence-corrected chi connectivity index (χ1v) is 6.09. The summed E-state index contributed by atoms with van der Waals surface area (Å²) in [5.74, 6) is -1.82. The second-order valence-electron chi connectivity index (χ2n) is 4.41. The molecule has 2 rings (SSSR count). The molecule has 1 heterocycles. The molecular weight excluding hydrogens is 258 g/mol. The highest BCUT2D eigenvalue weighted by Crippen LogP contribution is 2.28. The summed E-state index contributed by atoms with van der Waals surface area (Å²) in [6, 6.07) is 2.87. The lowest BCUT2D eigenvalue weighted by molar-refractivity contribution is 0.238. The molecule has 98 valence electrons. The molecule has 0 spiro atoms. The van der Waals surface area contributed by atoms with Crippen LogP contribution in [0.15, 0.2) is 12.1 Å². The van der Waals surface area contributed by atoms with E-state index in [2.05, 4.69) is 12.2 Å². The van der Waals surface area contributed by atoms with Crippen LogP contribution in [-0.2, 0) is 0 Å². The molecule has 0 amide bonds. The van der Waals surface area contributed by atoms with E-state index in [0.717, 1.165) is 6.42 Å². The van der Waals surface area contributed by atoms with Crippen molar-refractivity contribution in [3.05, 3.63) is 29.3 Å². The zero-order valence-corrected chi connectivity index (χ0v) is 10.5. The third-order valence-corrected chi connectivity index (χ3v) is 3.43. The standard InChI is InChI=1S/C12H14F2N2OS/c13-10-8(12(15)18)1-2-9(11(10)14)16-4-3-7(5-16)6-17/h1-2,7,17H,3-6H2,(H2,15,18). The number of benzene rings is 1. The van der Waals surface area contributed by atoms with E-state index in [-0.39, 0.29) is 28.8 Å². The first kappa shape index (κ1) is 13.2. The fraction of sp³-hybridized carbons (Fsp3) is 0.417. The van der Waals surface area contributed by atoms with Gasteiger partial charge in [-0.1, -0.05) is 12.2 Å². The minimum absolute atomic E-state index is 0.0611. The predicted molar refractivity (Wildman–Crippen MR) is 69.7 cm³/mol.